The standard InChI is InChI=1S/C28H28FN7O5S/c1-3-35-14-19(26(38)18-11-20(29)22(12-21(18)35)36-8-6-34(2)7-9-36)27-32-33-28(41-27)42-15-25(37)31-30-13-17-4-5-23-24(10-17)40-16-39-23/h4-5,10-14H,3,6-9,15-16H2,1-2H3,(H,31,37)/b30-13+. The van der Waals surface area contributed by atoms with Crippen LogP contribution in [0.5, 0.6) is 11.5 Å². The van der Waals surface area contributed by atoms with Gasteiger partial charge < -0.3 is 28.3 Å². The van der Waals surface area contributed by atoms with Crippen molar-refractivity contribution in [3.63, 3.8) is 0 Å². The number of nitrogens with zero attached hydrogens (tertiary/aromatic N) is 6. The summed E-state index contributed by atoms with van der Waals surface area (Å²) in [6.07, 6.45) is 3.14. The van der Waals surface area contributed by atoms with Crippen molar-refractivity contribution in [3.05, 3.63) is 58.1 Å². The number of rotatable bonds is 8. The summed E-state index contributed by atoms with van der Waals surface area (Å²) >= 11 is 1.01. The molecule has 1 N–H and O–H groups in total. The molecule has 2 aliphatic rings. The number of hydrazone groups is 1. The fourth-order valence-electron chi connectivity index (χ4n) is 4.81. The Kier molecular flexibility index (Phi) is 7.80. The number of anilines is 1. The Bertz CT molecular complexity index is 1730. The zero-order valence-electron chi connectivity index (χ0n) is 23.0. The minimum absolute atomic E-state index is 0.00334. The fraction of sp³-hybridized carbons (Fsp3) is 0.321. The Balaban J connectivity index is 1.14. The molecule has 0 aliphatic carbocycles. The van der Waals surface area contributed by atoms with Crippen molar-refractivity contribution in [2.45, 2.75) is 18.7 Å². The van der Waals surface area contributed by atoms with Crippen molar-refractivity contribution in [1.82, 2.24) is 25.1 Å². The molecular weight excluding hydrogens is 565 g/mol. The highest BCUT2D eigenvalue weighted by Crippen LogP contribution is 2.32. The van der Waals surface area contributed by atoms with Gasteiger partial charge in [-0.3, -0.25) is 9.59 Å². The molecule has 14 heteroatoms. The Morgan fingerprint density at radius 1 is 1.14 bits per heavy atom. The van der Waals surface area contributed by atoms with E-state index in [-0.39, 0.29) is 40.5 Å². The van der Waals surface area contributed by atoms with E-state index in [0.717, 1.165) is 30.4 Å². The lowest BCUT2D eigenvalue weighted by molar-refractivity contribution is -0.118. The molecule has 2 aromatic heterocycles. The molecule has 218 valence electrons. The van der Waals surface area contributed by atoms with E-state index in [2.05, 4.69) is 25.6 Å². The number of likely N-dealkylation sites (N-methyl/N-ethyl adjacent to an activating group) is 1. The van der Waals surface area contributed by atoms with Crippen LogP contribution in [0.2, 0.25) is 0 Å². The monoisotopic (exact) mass is 593 g/mol. The number of piperazine rings is 1. The smallest absolute Gasteiger partial charge is 0.277 e. The van der Waals surface area contributed by atoms with E-state index in [1.807, 2.05) is 23.4 Å². The van der Waals surface area contributed by atoms with E-state index < -0.39 is 11.2 Å². The zero-order valence-corrected chi connectivity index (χ0v) is 23.8. The zero-order chi connectivity index (χ0) is 29.2. The number of benzene rings is 2. The lowest BCUT2D eigenvalue weighted by Crippen LogP contribution is -2.44. The summed E-state index contributed by atoms with van der Waals surface area (Å²) in [6.45, 7) is 5.75. The molecule has 0 atom stereocenters. The van der Waals surface area contributed by atoms with Crippen LogP contribution in [-0.4, -0.2) is 77.6 Å². The van der Waals surface area contributed by atoms with Crippen LogP contribution in [0.15, 0.2) is 56.1 Å². The number of hydrogen-bond donors (Lipinski definition) is 1. The first kappa shape index (κ1) is 27.7. The van der Waals surface area contributed by atoms with E-state index in [4.69, 9.17) is 13.9 Å². The first-order chi connectivity index (χ1) is 20.4. The van der Waals surface area contributed by atoms with Crippen LogP contribution in [0, 0.1) is 5.82 Å². The van der Waals surface area contributed by atoms with Gasteiger partial charge in [0.15, 0.2) is 11.5 Å². The van der Waals surface area contributed by atoms with Gasteiger partial charge >= 0.3 is 0 Å². The first-order valence-electron chi connectivity index (χ1n) is 13.4. The predicted molar refractivity (Wildman–Crippen MR) is 156 cm³/mol. The summed E-state index contributed by atoms with van der Waals surface area (Å²) in [5.74, 6) is 0.394. The Morgan fingerprint density at radius 3 is 2.76 bits per heavy atom. The molecule has 12 nitrogen and oxygen atoms in total. The Labute approximate surface area is 244 Å². The van der Waals surface area contributed by atoms with Crippen molar-refractivity contribution < 1.29 is 23.1 Å². The molecule has 0 radical (unpaired) electrons. The van der Waals surface area contributed by atoms with E-state index in [9.17, 15) is 9.59 Å². The van der Waals surface area contributed by atoms with Gasteiger partial charge in [-0.05, 0) is 49.9 Å². The van der Waals surface area contributed by atoms with Crippen molar-refractivity contribution in [3.8, 4) is 23.0 Å². The molecule has 6 rings (SSSR count). The lowest BCUT2D eigenvalue weighted by Gasteiger charge is -2.34. The second kappa shape index (κ2) is 11.8. The highest BCUT2D eigenvalue weighted by atomic mass is 32.2. The summed E-state index contributed by atoms with van der Waals surface area (Å²) in [5, 5.41) is 12.3. The third-order valence-corrected chi connectivity index (χ3v) is 7.91. The highest BCUT2D eigenvalue weighted by Gasteiger charge is 2.22. The topological polar surface area (TPSA) is 127 Å². The molecule has 0 spiro atoms. The van der Waals surface area contributed by atoms with Gasteiger partial charge in [0.1, 0.15) is 11.4 Å². The number of aryl methyl sites for hydroxylation is 1. The highest BCUT2D eigenvalue weighted by molar-refractivity contribution is 7.99. The van der Waals surface area contributed by atoms with Crippen LogP contribution in [-0.2, 0) is 11.3 Å². The molecule has 1 fully saturated rings. The van der Waals surface area contributed by atoms with Crippen molar-refractivity contribution in [1.29, 1.82) is 0 Å². The predicted octanol–water partition coefficient (Wildman–Crippen LogP) is 2.93. The summed E-state index contributed by atoms with van der Waals surface area (Å²) in [5.41, 5.74) is 4.05. The molecule has 4 heterocycles. The van der Waals surface area contributed by atoms with Crippen LogP contribution >= 0.6 is 11.8 Å². The number of hydrogen-bond acceptors (Lipinski definition) is 11. The molecule has 1 amide bonds. The minimum Gasteiger partial charge on any atom is -0.454 e. The van der Waals surface area contributed by atoms with E-state index in [0.29, 0.717) is 42.3 Å². The maximum Gasteiger partial charge on any atom is 0.277 e. The number of thioether (sulfide) groups is 1. The average molecular weight is 594 g/mol. The summed E-state index contributed by atoms with van der Waals surface area (Å²) < 4.78 is 33.4. The van der Waals surface area contributed by atoms with Crippen LogP contribution < -0.4 is 25.2 Å². The van der Waals surface area contributed by atoms with Gasteiger partial charge in [-0.25, -0.2) is 9.82 Å². The lowest BCUT2D eigenvalue weighted by atomic mass is 10.1. The number of nitrogens with one attached hydrogen (secondary N) is 1. The van der Waals surface area contributed by atoms with Gasteiger partial charge in [0.05, 0.1) is 23.2 Å². The van der Waals surface area contributed by atoms with Gasteiger partial charge in [0, 0.05) is 44.3 Å². The maximum atomic E-state index is 15.3. The van der Waals surface area contributed by atoms with Crippen molar-refractivity contribution >= 4 is 40.5 Å². The molecule has 0 unspecified atom stereocenters. The summed E-state index contributed by atoms with van der Waals surface area (Å²) in [4.78, 5) is 29.9. The van der Waals surface area contributed by atoms with E-state index >= 15 is 4.39 Å². The Morgan fingerprint density at radius 2 is 1.95 bits per heavy atom. The van der Waals surface area contributed by atoms with E-state index in [1.54, 1.807) is 30.5 Å². The second-order valence-corrected chi connectivity index (χ2v) is 10.8. The number of fused-ring (bicyclic) bond motifs is 2. The molecule has 0 bridgehead atoms. The van der Waals surface area contributed by atoms with Crippen LogP contribution in [0.1, 0.15) is 12.5 Å². The SMILES string of the molecule is CCn1cc(-c2nnc(SCC(=O)N/N=C/c3ccc4c(c3)OCO4)o2)c(=O)c2cc(F)c(N3CCN(C)CC3)cc21. The number of carbonyl (C=O) groups is 1. The van der Waals surface area contributed by atoms with Gasteiger partial charge in [-0.2, -0.15) is 5.10 Å². The van der Waals surface area contributed by atoms with Gasteiger partial charge in [-0.1, -0.05) is 11.8 Å². The largest absolute Gasteiger partial charge is 0.454 e. The first-order valence-corrected chi connectivity index (χ1v) is 14.4. The van der Waals surface area contributed by atoms with Crippen molar-refractivity contribution in [2.24, 2.45) is 5.10 Å². The van der Waals surface area contributed by atoms with Crippen LogP contribution in [0.3, 0.4) is 0 Å². The molecular formula is C28H28FN7O5S. The molecule has 2 aliphatic heterocycles. The minimum atomic E-state index is -0.446. The number of ether oxygens (including phenoxy) is 2. The molecule has 1 saturated heterocycles. The fourth-order valence-corrected chi connectivity index (χ4v) is 5.37. The third-order valence-electron chi connectivity index (χ3n) is 7.10. The van der Waals surface area contributed by atoms with Crippen molar-refractivity contribution in [2.75, 3.05) is 50.7 Å². The summed E-state index contributed by atoms with van der Waals surface area (Å²) in [6, 6.07) is 8.35. The maximum absolute atomic E-state index is 15.3. The molecule has 4 aromatic rings. The third kappa shape index (κ3) is 5.67. The number of carbonyl (C=O) groups excluding carboxylic acids is 1. The van der Waals surface area contributed by atoms with Gasteiger partial charge in [0.2, 0.25) is 12.2 Å². The average Bonchev–Trinajstić information content (AvgIpc) is 3.66. The molecule has 0 saturated carbocycles. The number of amides is 1. The quantitative estimate of drug-likeness (QED) is 0.185. The number of pyridine rings is 1. The van der Waals surface area contributed by atoms with E-state index in [1.165, 1.54) is 12.3 Å². The second-order valence-electron chi connectivity index (χ2n) is 9.84. The van der Waals surface area contributed by atoms with Gasteiger partial charge in [-0.15, -0.1) is 10.2 Å². The molecule has 42 heavy (non-hydrogen) atoms. The summed E-state index contributed by atoms with van der Waals surface area (Å²) in [7, 11) is 2.04. The Hall–Kier alpha value is -4.43. The number of halogens is 1. The van der Waals surface area contributed by atoms with Crippen LogP contribution in [0.4, 0.5) is 10.1 Å². The normalized spacial score (nSPS) is 15.2. The van der Waals surface area contributed by atoms with Crippen LogP contribution in [0.25, 0.3) is 22.4 Å². The van der Waals surface area contributed by atoms with Gasteiger partial charge in [0.25, 0.3) is 17.0 Å². The molecule has 2 aromatic carbocycles. The number of aromatic nitrogens is 3.